The van der Waals surface area contributed by atoms with Crippen LogP contribution in [0.3, 0.4) is 0 Å². The third-order valence-corrected chi connectivity index (χ3v) is 4.87. The van der Waals surface area contributed by atoms with Crippen LogP contribution in [0.2, 0.25) is 0 Å². The Balaban J connectivity index is 1.58. The van der Waals surface area contributed by atoms with Gasteiger partial charge in [-0.2, -0.15) is 0 Å². The van der Waals surface area contributed by atoms with Gasteiger partial charge in [0.1, 0.15) is 0 Å². The second kappa shape index (κ2) is 6.15. The highest BCUT2D eigenvalue weighted by molar-refractivity contribution is 5.46. The number of nitrogens with zero attached hydrogens (tertiary/aromatic N) is 2. The molecule has 20 heavy (non-hydrogen) atoms. The van der Waals surface area contributed by atoms with Gasteiger partial charge >= 0.3 is 0 Å². The molecule has 110 valence electrons. The van der Waals surface area contributed by atoms with E-state index in [2.05, 4.69) is 59.3 Å². The first kappa shape index (κ1) is 13.9. The van der Waals surface area contributed by atoms with Gasteiger partial charge < -0.3 is 10.2 Å². The number of anilines is 1. The normalized spacial score (nSPS) is 29.6. The lowest BCUT2D eigenvalue weighted by Gasteiger charge is -2.46. The third-order valence-electron chi connectivity index (χ3n) is 4.87. The summed E-state index contributed by atoms with van der Waals surface area (Å²) in [6.45, 7) is 9.40. The Hall–Kier alpha value is -1.06. The number of piperazine rings is 1. The minimum absolute atomic E-state index is 0.637. The summed E-state index contributed by atoms with van der Waals surface area (Å²) in [4.78, 5) is 5.27. The predicted octanol–water partition coefficient (Wildman–Crippen LogP) is 2.34. The van der Waals surface area contributed by atoms with E-state index in [-0.39, 0.29) is 0 Å². The Bertz CT molecular complexity index is 412. The molecular weight excluding hydrogens is 246 g/mol. The van der Waals surface area contributed by atoms with Crippen molar-refractivity contribution in [3.8, 4) is 0 Å². The number of para-hydroxylation sites is 1. The van der Waals surface area contributed by atoms with Crippen LogP contribution in [0.4, 0.5) is 5.69 Å². The summed E-state index contributed by atoms with van der Waals surface area (Å²) in [5, 5.41) is 3.58. The molecule has 0 radical (unpaired) electrons. The number of piperidine rings is 1. The molecule has 2 aliphatic heterocycles. The van der Waals surface area contributed by atoms with Crippen molar-refractivity contribution >= 4 is 5.69 Å². The number of benzene rings is 1. The summed E-state index contributed by atoms with van der Waals surface area (Å²) in [5.41, 5.74) is 1.38. The van der Waals surface area contributed by atoms with Gasteiger partial charge in [-0.05, 0) is 38.8 Å². The quantitative estimate of drug-likeness (QED) is 0.892. The minimum Gasteiger partial charge on any atom is -0.371 e. The Morgan fingerprint density at radius 3 is 2.45 bits per heavy atom. The number of rotatable bonds is 2. The predicted molar refractivity (Wildman–Crippen MR) is 85.3 cm³/mol. The topological polar surface area (TPSA) is 18.5 Å². The van der Waals surface area contributed by atoms with Crippen molar-refractivity contribution in [2.45, 2.75) is 44.8 Å². The van der Waals surface area contributed by atoms with E-state index in [9.17, 15) is 0 Å². The van der Waals surface area contributed by atoms with Gasteiger partial charge in [-0.3, -0.25) is 4.90 Å². The second-order valence-electron chi connectivity index (χ2n) is 6.41. The van der Waals surface area contributed by atoms with Crippen LogP contribution in [-0.2, 0) is 0 Å². The van der Waals surface area contributed by atoms with E-state index in [1.165, 1.54) is 38.2 Å². The second-order valence-corrected chi connectivity index (χ2v) is 6.41. The standard InChI is InChI=1S/C17H27N3/c1-14-13-20(15(2)12-18-14)17-8-10-19(11-9-17)16-6-4-3-5-7-16/h3-7,14-15,17-18H,8-13H2,1-2H3. The summed E-state index contributed by atoms with van der Waals surface area (Å²) in [6.07, 6.45) is 2.60. The fourth-order valence-electron chi connectivity index (χ4n) is 3.65. The molecule has 3 nitrogen and oxygen atoms in total. The van der Waals surface area contributed by atoms with Crippen LogP contribution in [0.1, 0.15) is 26.7 Å². The first-order valence-corrected chi connectivity index (χ1v) is 8.03. The molecule has 2 saturated heterocycles. The Morgan fingerprint density at radius 1 is 1.05 bits per heavy atom. The molecule has 2 aliphatic rings. The third kappa shape index (κ3) is 2.99. The molecule has 2 fully saturated rings. The molecule has 0 saturated carbocycles. The van der Waals surface area contributed by atoms with Crippen molar-refractivity contribution in [3.05, 3.63) is 30.3 Å². The fraction of sp³-hybridized carbons (Fsp3) is 0.647. The lowest BCUT2D eigenvalue weighted by molar-refractivity contribution is 0.0809. The number of hydrogen-bond donors (Lipinski definition) is 1. The smallest absolute Gasteiger partial charge is 0.0366 e. The van der Waals surface area contributed by atoms with Crippen molar-refractivity contribution in [2.75, 3.05) is 31.1 Å². The average Bonchev–Trinajstić information content (AvgIpc) is 2.51. The van der Waals surface area contributed by atoms with E-state index in [0.29, 0.717) is 12.1 Å². The summed E-state index contributed by atoms with van der Waals surface area (Å²) in [7, 11) is 0. The molecular formula is C17H27N3. The summed E-state index contributed by atoms with van der Waals surface area (Å²) < 4.78 is 0. The van der Waals surface area contributed by atoms with Crippen molar-refractivity contribution < 1.29 is 0 Å². The molecule has 2 unspecified atom stereocenters. The molecule has 0 bridgehead atoms. The fourth-order valence-corrected chi connectivity index (χ4v) is 3.65. The van der Waals surface area contributed by atoms with Crippen LogP contribution < -0.4 is 10.2 Å². The van der Waals surface area contributed by atoms with Gasteiger partial charge in [-0.1, -0.05) is 18.2 Å². The summed E-state index contributed by atoms with van der Waals surface area (Å²) in [6, 6.07) is 12.9. The van der Waals surface area contributed by atoms with E-state index < -0.39 is 0 Å². The number of nitrogens with one attached hydrogen (secondary N) is 1. The van der Waals surface area contributed by atoms with Gasteiger partial charge in [0, 0.05) is 50.0 Å². The van der Waals surface area contributed by atoms with Crippen LogP contribution >= 0.6 is 0 Å². The van der Waals surface area contributed by atoms with Crippen LogP contribution in [-0.4, -0.2) is 49.2 Å². The van der Waals surface area contributed by atoms with E-state index >= 15 is 0 Å². The molecule has 0 aliphatic carbocycles. The molecule has 0 spiro atoms. The maximum Gasteiger partial charge on any atom is 0.0366 e. The molecule has 3 heteroatoms. The molecule has 2 heterocycles. The lowest BCUT2D eigenvalue weighted by atomic mass is 9.98. The van der Waals surface area contributed by atoms with Crippen LogP contribution in [0.15, 0.2) is 30.3 Å². The Morgan fingerprint density at radius 2 is 1.75 bits per heavy atom. The van der Waals surface area contributed by atoms with E-state index in [4.69, 9.17) is 0 Å². The average molecular weight is 273 g/mol. The molecule has 3 rings (SSSR count). The van der Waals surface area contributed by atoms with Crippen molar-refractivity contribution in [3.63, 3.8) is 0 Å². The summed E-state index contributed by atoms with van der Waals surface area (Å²) >= 11 is 0. The van der Waals surface area contributed by atoms with Crippen molar-refractivity contribution in [1.29, 1.82) is 0 Å². The monoisotopic (exact) mass is 273 g/mol. The van der Waals surface area contributed by atoms with Crippen LogP contribution in [0.25, 0.3) is 0 Å². The Labute approximate surface area is 123 Å². The molecule has 1 N–H and O–H groups in total. The van der Waals surface area contributed by atoms with Crippen LogP contribution in [0.5, 0.6) is 0 Å². The van der Waals surface area contributed by atoms with Crippen LogP contribution in [0, 0.1) is 0 Å². The molecule has 1 aromatic rings. The lowest BCUT2D eigenvalue weighted by Crippen LogP contribution is -2.59. The SMILES string of the molecule is CC1CN(C2CCN(c3ccccc3)CC2)C(C)CN1. The highest BCUT2D eigenvalue weighted by Crippen LogP contribution is 2.24. The highest BCUT2D eigenvalue weighted by atomic mass is 15.3. The van der Waals surface area contributed by atoms with E-state index in [1.807, 2.05) is 0 Å². The molecule has 0 amide bonds. The van der Waals surface area contributed by atoms with Gasteiger partial charge in [0.2, 0.25) is 0 Å². The zero-order valence-corrected chi connectivity index (χ0v) is 12.8. The number of hydrogen-bond acceptors (Lipinski definition) is 3. The van der Waals surface area contributed by atoms with Gasteiger partial charge in [0.05, 0.1) is 0 Å². The first-order chi connectivity index (χ1) is 9.74. The highest BCUT2D eigenvalue weighted by Gasteiger charge is 2.31. The van der Waals surface area contributed by atoms with Gasteiger partial charge in [0.15, 0.2) is 0 Å². The zero-order valence-electron chi connectivity index (χ0n) is 12.8. The summed E-state index contributed by atoms with van der Waals surface area (Å²) in [5.74, 6) is 0. The molecule has 1 aromatic carbocycles. The molecule has 0 aromatic heterocycles. The maximum absolute atomic E-state index is 3.58. The van der Waals surface area contributed by atoms with Gasteiger partial charge in [-0.15, -0.1) is 0 Å². The minimum atomic E-state index is 0.637. The van der Waals surface area contributed by atoms with Gasteiger partial charge in [0.25, 0.3) is 0 Å². The van der Waals surface area contributed by atoms with Crippen molar-refractivity contribution in [1.82, 2.24) is 10.2 Å². The van der Waals surface area contributed by atoms with Crippen molar-refractivity contribution in [2.24, 2.45) is 0 Å². The maximum atomic E-state index is 3.58. The van der Waals surface area contributed by atoms with E-state index in [1.54, 1.807) is 0 Å². The van der Waals surface area contributed by atoms with E-state index in [0.717, 1.165) is 12.6 Å². The largest absolute Gasteiger partial charge is 0.371 e. The zero-order chi connectivity index (χ0) is 13.9. The molecule has 2 atom stereocenters. The van der Waals surface area contributed by atoms with Gasteiger partial charge in [-0.25, -0.2) is 0 Å². The first-order valence-electron chi connectivity index (χ1n) is 8.03. The Kier molecular flexibility index (Phi) is 4.27.